The molecule has 0 aliphatic carbocycles. The number of likely N-dealkylation sites (tertiary alicyclic amines) is 1. The highest BCUT2D eigenvalue weighted by molar-refractivity contribution is 5.62. The average Bonchev–Trinajstić information content (AvgIpc) is 3.50. The second-order valence-electron chi connectivity index (χ2n) is 8.78. The fourth-order valence-corrected chi connectivity index (χ4v) is 5.48. The van der Waals surface area contributed by atoms with Crippen molar-refractivity contribution < 1.29 is 28.4 Å². The van der Waals surface area contributed by atoms with Crippen LogP contribution in [0.2, 0.25) is 0 Å². The zero-order chi connectivity index (χ0) is 22.5. The Bertz CT molecular complexity index is 1020. The van der Waals surface area contributed by atoms with Crippen molar-refractivity contribution in [2.45, 2.75) is 38.3 Å². The lowest BCUT2D eigenvalue weighted by molar-refractivity contribution is -0.114. The molecule has 2 aromatic rings. The van der Waals surface area contributed by atoms with Crippen LogP contribution in [-0.4, -0.2) is 51.8 Å². The summed E-state index contributed by atoms with van der Waals surface area (Å²) < 4.78 is 35.3. The Kier molecular flexibility index (Phi) is 5.24. The van der Waals surface area contributed by atoms with Gasteiger partial charge in [-0.25, -0.2) is 0 Å². The van der Waals surface area contributed by atoms with Crippen LogP contribution >= 0.6 is 0 Å². The van der Waals surface area contributed by atoms with Gasteiger partial charge in [0, 0.05) is 42.1 Å². The molecular formula is C25H31NO6. The Balaban J connectivity index is 1.72. The topological polar surface area (TPSA) is 58.6 Å². The first kappa shape index (κ1) is 21.1. The summed E-state index contributed by atoms with van der Waals surface area (Å²) in [5, 5.41) is 0. The molecule has 0 saturated carbocycles. The summed E-state index contributed by atoms with van der Waals surface area (Å²) >= 11 is 0. The number of hydrogen-bond donors (Lipinski definition) is 0. The molecule has 7 heteroatoms. The van der Waals surface area contributed by atoms with Gasteiger partial charge in [-0.1, -0.05) is 13.0 Å². The molecule has 5 rings (SSSR count). The van der Waals surface area contributed by atoms with E-state index in [1.54, 1.807) is 21.3 Å². The van der Waals surface area contributed by atoms with Crippen LogP contribution in [0.4, 0.5) is 0 Å². The lowest BCUT2D eigenvalue weighted by Gasteiger charge is -2.50. The van der Waals surface area contributed by atoms with Gasteiger partial charge in [0.05, 0.1) is 21.3 Å². The molecule has 0 spiro atoms. The smallest absolute Gasteiger partial charge is 0.231 e. The largest absolute Gasteiger partial charge is 0.493 e. The number of ether oxygens (including phenoxy) is 6. The molecular weight excluding hydrogens is 410 g/mol. The molecule has 0 amide bonds. The minimum absolute atomic E-state index is 0.00592. The molecule has 3 aliphatic rings. The molecule has 3 atom stereocenters. The summed E-state index contributed by atoms with van der Waals surface area (Å²) in [7, 11) is 4.94. The lowest BCUT2D eigenvalue weighted by atomic mass is 9.73. The van der Waals surface area contributed by atoms with Crippen molar-refractivity contribution >= 4 is 0 Å². The van der Waals surface area contributed by atoms with Crippen LogP contribution in [0.1, 0.15) is 43.7 Å². The first-order chi connectivity index (χ1) is 15.5. The monoisotopic (exact) mass is 441 g/mol. The number of hydrogen-bond acceptors (Lipinski definition) is 7. The van der Waals surface area contributed by atoms with E-state index in [2.05, 4.69) is 30.9 Å². The first-order valence-corrected chi connectivity index (χ1v) is 11.2. The second-order valence-corrected chi connectivity index (χ2v) is 8.78. The van der Waals surface area contributed by atoms with Crippen molar-refractivity contribution in [1.82, 2.24) is 4.90 Å². The van der Waals surface area contributed by atoms with Crippen molar-refractivity contribution in [1.29, 1.82) is 0 Å². The maximum atomic E-state index is 6.76. The third-order valence-electron chi connectivity index (χ3n) is 7.31. The van der Waals surface area contributed by atoms with E-state index in [1.165, 1.54) is 12.8 Å². The maximum Gasteiger partial charge on any atom is 0.231 e. The van der Waals surface area contributed by atoms with Gasteiger partial charge < -0.3 is 28.4 Å². The van der Waals surface area contributed by atoms with Crippen LogP contribution in [0.5, 0.6) is 34.5 Å². The minimum Gasteiger partial charge on any atom is -0.493 e. The van der Waals surface area contributed by atoms with Gasteiger partial charge in [-0.05, 0) is 31.9 Å². The van der Waals surface area contributed by atoms with Gasteiger partial charge >= 0.3 is 0 Å². The van der Waals surface area contributed by atoms with Gasteiger partial charge in [0.25, 0.3) is 0 Å². The van der Waals surface area contributed by atoms with Crippen LogP contribution in [0.15, 0.2) is 24.3 Å². The third kappa shape index (κ3) is 3.05. The Morgan fingerprint density at radius 3 is 2.22 bits per heavy atom. The Hall–Kier alpha value is -2.80. The summed E-state index contributed by atoms with van der Waals surface area (Å²) in [6.07, 6.45) is 2.37. The minimum atomic E-state index is -0.472. The SMILES string of the molecule is COc1ccc(C2c3cc4c(cc3OC(C)(N3CCCC3)C2C)OCO4)c(OC)c1OC. The second kappa shape index (κ2) is 7.96. The molecule has 3 heterocycles. The van der Waals surface area contributed by atoms with E-state index >= 15 is 0 Å². The van der Waals surface area contributed by atoms with Crippen molar-refractivity contribution in [3.63, 3.8) is 0 Å². The molecule has 2 aromatic carbocycles. The van der Waals surface area contributed by atoms with Crippen LogP contribution in [0, 0.1) is 5.92 Å². The summed E-state index contributed by atoms with van der Waals surface area (Å²) in [6, 6.07) is 8.04. The molecule has 0 aromatic heterocycles. The van der Waals surface area contributed by atoms with E-state index in [1.807, 2.05) is 12.1 Å². The molecule has 172 valence electrons. The summed E-state index contributed by atoms with van der Waals surface area (Å²) in [4.78, 5) is 2.46. The van der Waals surface area contributed by atoms with Gasteiger partial charge in [-0.2, -0.15) is 0 Å². The predicted octanol–water partition coefficient (Wildman–Crippen LogP) is 4.41. The number of benzene rings is 2. The number of nitrogens with zero attached hydrogens (tertiary/aromatic N) is 1. The van der Waals surface area contributed by atoms with Gasteiger partial charge in [0.1, 0.15) is 5.75 Å². The Morgan fingerprint density at radius 2 is 1.56 bits per heavy atom. The molecule has 0 N–H and O–H groups in total. The molecule has 1 saturated heterocycles. The van der Waals surface area contributed by atoms with Gasteiger partial charge in [-0.15, -0.1) is 0 Å². The van der Waals surface area contributed by atoms with Crippen molar-refractivity contribution in [2.75, 3.05) is 41.2 Å². The quantitative estimate of drug-likeness (QED) is 0.681. The fraction of sp³-hybridized carbons (Fsp3) is 0.520. The highest BCUT2D eigenvalue weighted by Gasteiger charge is 2.50. The molecule has 3 aliphatic heterocycles. The fourth-order valence-electron chi connectivity index (χ4n) is 5.48. The Labute approximate surface area is 189 Å². The van der Waals surface area contributed by atoms with Crippen LogP contribution in [0.25, 0.3) is 0 Å². The van der Waals surface area contributed by atoms with Crippen molar-refractivity contribution in [2.24, 2.45) is 5.92 Å². The van der Waals surface area contributed by atoms with Crippen molar-refractivity contribution in [3.05, 3.63) is 35.4 Å². The highest BCUT2D eigenvalue weighted by atomic mass is 16.7. The lowest BCUT2D eigenvalue weighted by Crippen LogP contribution is -2.57. The predicted molar refractivity (Wildman–Crippen MR) is 120 cm³/mol. The first-order valence-electron chi connectivity index (χ1n) is 11.2. The summed E-state index contributed by atoms with van der Waals surface area (Å²) in [6.45, 7) is 6.73. The normalized spacial score (nSPS) is 26.4. The van der Waals surface area contributed by atoms with Gasteiger partial charge in [0.2, 0.25) is 12.5 Å². The molecule has 0 bridgehead atoms. The van der Waals surface area contributed by atoms with Gasteiger partial charge in [-0.3, -0.25) is 4.90 Å². The van der Waals surface area contributed by atoms with Crippen molar-refractivity contribution in [3.8, 4) is 34.5 Å². The molecule has 1 fully saturated rings. The zero-order valence-electron chi connectivity index (χ0n) is 19.4. The van der Waals surface area contributed by atoms with Crippen LogP contribution in [-0.2, 0) is 0 Å². The molecule has 0 radical (unpaired) electrons. The number of fused-ring (bicyclic) bond motifs is 2. The van der Waals surface area contributed by atoms with Gasteiger partial charge in [0.15, 0.2) is 28.7 Å². The van der Waals surface area contributed by atoms with E-state index < -0.39 is 5.72 Å². The standard InChI is InChI=1S/C25H31NO6/c1-15-22(16-8-9-18(27-3)24(29-5)23(16)28-4)17-12-20-21(31-14-30-20)13-19(17)32-25(15,2)26-10-6-7-11-26/h8-9,12-13,15,22H,6-7,10-11,14H2,1-5H3. The zero-order valence-corrected chi connectivity index (χ0v) is 19.4. The van der Waals surface area contributed by atoms with E-state index in [0.717, 1.165) is 41.5 Å². The van der Waals surface area contributed by atoms with Crippen LogP contribution in [0.3, 0.4) is 0 Å². The number of methoxy groups -OCH3 is 3. The average molecular weight is 442 g/mol. The molecule has 3 unspecified atom stereocenters. The number of rotatable bonds is 5. The Morgan fingerprint density at radius 1 is 0.875 bits per heavy atom. The molecule has 32 heavy (non-hydrogen) atoms. The van der Waals surface area contributed by atoms with E-state index in [0.29, 0.717) is 17.2 Å². The highest BCUT2D eigenvalue weighted by Crippen LogP contribution is 2.56. The van der Waals surface area contributed by atoms with E-state index in [-0.39, 0.29) is 18.6 Å². The maximum absolute atomic E-state index is 6.76. The third-order valence-corrected chi connectivity index (χ3v) is 7.31. The van der Waals surface area contributed by atoms with Crippen LogP contribution < -0.4 is 28.4 Å². The summed E-state index contributed by atoms with van der Waals surface area (Å²) in [5.74, 6) is 4.32. The van der Waals surface area contributed by atoms with E-state index in [9.17, 15) is 0 Å². The molecule has 7 nitrogen and oxygen atoms in total. The van der Waals surface area contributed by atoms with E-state index in [4.69, 9.17) is 28.4 Å². The summed E-state index contributed by atoms with van der Waals surface area (Å²) in [5.41, 5.74) is 1.62.